The number of fused-ring (bicyclic) bond motifs is 1. The average molecular weight is 360 g/mol. The van der Waals surface area contributed by atoms with Gasteiger partial charge < -0.3 is 4.52 Å². The largest absolute Gasteiger partial charge is 0.337 e. The van der Waals surface area contributed by atoms with Gasteiger partial charge in [-0.1, -0.05) is 47.6 Å². The van der Waals surface area contributed by atoms with E-state index in [2.05, 4.69) is 34.4 Å². The molecule has 0 bridgehead atoms. The van der Waals surface area contributed by atoms with Gasteiger partial charge in [0.2, 0.25) is 5.89 Å². The van der Waals surface area contributed by atoms with Crippen molar-refractivity contribution in [1.29, 1.82) is 0 Å². The van der Waals surface area contributed by atoms with Gasteiger partial charge >= 0.3 is 5.69 Å². The second kappa shape index (κ2) is 6.23. The maximum absolute atomic E-state index is 12.7. The van der Waals surface area contributed by atoms with Gasteiger partial charge in [-0.05, 0) is 37.0 Å². The zero-order valence-electron chi connectivity index (χ0n) is 15.1. The summed E-state index contributed by atoms with van der Waals surface area (Å²) >= 11 is 0. The Labute approximate surface area is 156 Å². The quantitative estimate of drug-likeness (QED) is 0.546. The first-order chi connectivity index (χ1) is 13.3. The maximum Gasteiger partial charge on any atom is 0.329 e. The minimum atomic E-state index is -0.0490. The highest BCUT2D eigenvalue weighted by Gasteiger charge is 2.42. The van der Waals surface area contributed by atoms with Crippen LogP contribution in [-0.2, 0) is 13.1 Å². The number of aryl methyl sites for hydroxylation is 1. The Morgan fingerprint density at radius 2 is 1.70 bits per heavy atom. The number of benzene rings is 2. The fraction of sp³-hybridized carbons (Fsp3) is 0.286. The molecule has 0 amide bonds. The van der Waals surface area contributed by atoms with Crippen LogP contribution in [0.5, 0.6) is 0 Å². The van der Waals surface area contributed by atoms with Crippen molar-refractivity contribution in [3.8, 4) is 0 Å². The number of hydrogen-bond donors (Lipinski definition) is 0. The molecule has 1 saturated carbocycles. The predicted molar refractivity (Wildman–Crippen MR) is 102 cm³/mol. The topological polar surface area (TPSA) is 65.8 Å². The van der Waals surface area contributed by atoms with Crippen LogP contribution >= 0.6 is 0 Å². The molecule has 2 atom stereocenters. The van der Waals surface area contributed by atoms with E-state index in [4.69, 9.17) is 4.52 Å². The highest BCUT2D eigenvalue weighted by atomic mass is 16.5. The highest BCUT2D eigenvalue weighted by molar-refractivity contribution is 5.76. The molecule has 6 heteroatoms. The molecule has 2 heterocycles. The van der Waals surface area contributed by atoms with Gasteiger partial charge in [0.15, 0.2) is 5.82 Å². The van der Waals surface area contributed by atoms with E-state index >= 15 is 0 Å². The molecule has 0 radical (unpaired) electrons. The summed E-state index contributed by atoms with van der Waals surface area (Å²) in [7, 11) is 0. The molecule has 0 N–H and O–H groups in total. The number of nitrogens with zero attached hydrogens (tertiary/aromatic N) is 4. The Balaban J connectivity index is 1.42. The summed E-state index contributed by atoms with van der Waals surface area (Å²) in [5.74, 6) is 1.98. The first-order valence-corrected chi connectivity index (χ1v) is 9.31. The monoisotopic (exact) mass is 360 g/mol. The van der Waals surface area contributed by atoms with E-state index in [9.17, 15) is 4.79 Å². The van der Waals surface area contributed by atoms with E-state index in [1.54, 1.807) is 9.13 Å². The van der Waals surface area contributed by atoms with Crippen LogP contribution in [-0.4, -0.2) is 19.3 Å². The second-order valence-electron chi connectivity index (χ2n) is 7.01. The third-order valence-electron chi connectivity index (χ3n) is 5.37. The third-order valence-corrected chi connectivity index (χ3v) is 5.37. The van der Waals surface area contributed by atoms with E-state index in [0.29, 0.717) is 30.8 Å². The minimum Gasteiger partial charge on any atom is -0.337 e. The van der Waals surface area contributed by atoms with Crippen molar-refractivity contribution in [3.05, 3.63) is 82.4 Å². The molecule has 136 valence electrons. The molecular weight excluding hydrogens is 340 g/mol. The maximum atomic E-state index is 12.7. The van der Waals surface area contributed by atoms with E-state index in [1.165, 1.54) is 5.56 Å². The predicted octanol–water partition coefficient (Wildman–Crippen LogP) is 3.53. The van der Waals surface area contributed by atoms with E-state index < -0.39 is 0 Å². The van der Waals surface area contributed by atoms with Gasteiger partial charge in [0.1, 0.15) is 6.54 Å². The van der Waals surface area contributed by atoms with Crippen LogP contribution in [0.4, 0.5) is 0 Å². The van der Waals surface area contributed by atoms with Gasteiger partial charge in [0, 0.05) is 12.5 Å². The highest BCUT2D eigenvalue weighted by Crippen LogP contribution is 2.53. The molecular formula is C21H20N4O2. The number of hydrogen-bond acceptors (Lipinski definition) is 4. The van der Waals surface area contributed by atoms with Crippen molar-refractivity contribution in [3.63, 3.8) is 0 Å². The first kappa shape index (κ1) is 16.1. The number of para-hydroxylation sites is 2. The van der Waals surface area contributed by atoms with Crippen LogP contribution in [0.2, 0.25) is 0 Å². The Bertz CT molecular complexity index is 1160. The van der Waals surface area contributed by atoms with Crippen LogP contribution in [0.25, 0.3) is 11.0 Å². The molecule has 5 rings (SSSR count). The summed E-state index contributed by atoms with van der Waals surface area (Å²) in [6.07, 6.45) is 1.04. The summed E-state index contributed by atoms with van der Waals surface area (Å²) in [6, 6.07) is 18.2. The fourth-order valence-corrected chi connectivity index (χ4v) is 3.90. The molecule has 0 aliphatic heterocycles. The fourth-order valence-electron chi connectivity index (χ4n) is 3.90. The molecule has 1 aliphatic rings. The van der Waals surface area contributed by atoms with Crippen LogP contribution in [0.15, 0.2) is 63.9 Å². The van der Waals surface area contributed by atoms with Gasteiger partial charge in [-0.3, -0.25) is 9.13 Å². The average Bonchev–Trinajstić information content (AvgIpc) is 3.30. The number of rotatable bonds is 5. The Morgan fingerprint density at radius 1 is 1.00 bits per heavy atom. The molecule has 2 aromatic carbocycles. The molecule has 27 heavy (non-hydrogen) atoms. The van der Waals surface area contributed by atoms with Gasteiger partial charge in [-0.15, -0.1) is 0 Å². The van der Waals surface area contributed by atoms with Crippen molar-refractivity contribution in [2.24, 2.45) is 0 Å². The standard InChI is InChI=1S/C21H20N4O2/c1-2-24-17-10-6-7-11-18(17)25(21(24)26)13-19-22-20(23-27-19)16-12-15(16)14-8-4-3-5-9-14/h3-11,15-16H,2,12-13H2,1H3/t15-,16+/m0/s1. The zero-order chi connectivity index (χ0) is 18.4. The van der Waals surface area contributed by atoms with Gasteiger partial charge in [-0.2, -0.15) is 4.98 Å². The molecule has 0 saturated heterocycles. The molecule has 6 nitrogen and oxygen atoms in total. The lowest BCUT2D eigenvalue weighted by molar-refractivity contribution is 0.365. The summed E-state index contributed by atoms with van der Waals surface area (Å²) < 4.78 is 8.94. The van der Waals surface area contributed by atoms with Gasteiger partial charge in [0.25, 0.3) is 0 Å². The molecule has 0 spiro atoms. The molecule has 4 aromatic rings. The van der Waals surface area contributed by atoms with Crippen molar-refractivity contribution >= 4 is 11.0 Å². The van der Waals surface area contributed by atoms with Crippen molar-refractivity contribution in [2.45, 2.75) is 38.3 Å². The normalized spacial score (nSPS) is 18.9. The number of aromatic nitrogens is 4. The van der Waals surface area contributed by atoms with Crippen LogP contribution in [0.1, 0.15) is 42.5 Å². The SMILES string of the molecule is CCn1c(=O)n(Cc2nc([C@@H]3C[C@H]3c3ccccc3)no2)c2ccccc21. The Morgan fingerprint density at radius 3 is 2.44 bits per heavy atom. The lowest BCUT2D eigenvalue weighted by atomic mass is 10.1. The van der Waals surface area contributed by atoms with Crippen molar-refractivity contribution < 1.29 is 4.52 Å². The van der Waals surface area contributed by atoms with Crippen LogP contribution < -0.4 is 5.69 Å². The van der Waals surface area contributed by atoms with E-state index in [0.717, 1.165) is 23.3 Å². The van der Waals surface area contributed by atoms with E-state index in [1.807, 2.05) is 37.3 Å². The van der Waals surface area contributed by atoms with Gasteiger partial charge in [-0.25, -0.2) is 4.79 Å². The zero-order valence-corrected chi connectivity index (χ0v) is 15.1. The van der Waals surface area contributed by atoms with E-state index in [-0.39, 0.29) is 5.69 Å². The summed E-state index contributed by atoms with van der Waals surface area (Å²) in [4.78, 5) is 17.3. The van der Waals surface area contributed by atoms with Crippen molar-refractivity contribution in [2.75, 3.05) is 0 Å². The number of imidazole rings is 1. The third kappa shape index (κ3) is 2.68. The Kier molecular flexibility index (Phi) is 3.70. The van der Waals surface area contributed by atoms with Crippen molar-refractivity contribution in [1.82, 2.24) is 19.3 Å². The molecule has 2 aromatic heterocycles. The smallest absolute Gasteiger partial charge is 0.329 e. The van der Waals surface area contributed by atoms with Crippen LogP contribution in [0.3, 0.4) is 0 Å². The first-order valence-electron chi connectivity index (χ1n) is 9.31. The summed E-state index contributed by atoms with van der Waals surface area (Å²) in [5, 5.41) is 4.18. The van der Waals surface area contributed by atoms with Crippen LogP contribution in [0, 0.1) is 0 Å². The minimum absolute atomic E-state index is 0.0490. The summed E-state index contributed by atoms with van der Waals surface area (Å²) in [5.41, 5.74) is 3.08. The molecule has 1 fully saturated rings. The molecule has 1 aliphatic carbocycles. The Hall–Kier alpha value is -3.15. The summed E-state index contributed by atoms with van der Waals surface area (Å²) in [6.45, 7) is 2.89. The van der Waals surface area contributed by atoms with Gasteiger partial charge in [0.05, 0.1) is 11.0 Å². The lowest BCUT2D eigenvalue weighted by Gasteiger charge is -1.98. The lowest BCUT2D eigenvalue weighted by Crippen LogP contribution is -2.24. The second-order valence-corrected chi connectivity index (χ2v) is 7.01. The molecule has 0 unspecified atom stereocenters.